The molecule has 8 heteroatoms. The largest absolute Gasteiger partial charge is 0.484 e. The molecule has 2 aromatic carbocycles. The number of carbonyl (C=O) groups excluding carboxylic acids is 2. The summed E-state index contributed by atoms with van der Waals surface area (Å²) in [6, 6.07) is 15.2. The van der Waals surface area contributed by atoms with Gasteiger partial charge in [0.25, 0.3) is 11.8 Å². The zero-order chi connectivity index (χ0) is 22.8. The van der Waals surface area contributed by atoms with Gasteiger partial charge in [-0.1, -0.05) is 17.7 Å². The minimum atomic E-state index is -0.267. The number of amides is 2. The highest BCUT2D eigenvalue weighted by Crippen LogP contribution is 2.23. The van der Waals surface area contributed by atoms with Crippen LogP contribution in [0.25, 0.3) is 0 Å². The molecule has 2 aromatic rings. The number of thioether (sulfide) groups is 1. The van der Waals surface area contributed by atoms with E-state index in [0.717, 1.165) is 29.9 Å². The SMILES string of the molecule is Cc1ccc(S[C@@H](C)C(=O)N/N=C\c2ccc(OCC(=O)NC[C@H]3CCCO3)cc2)cc1. The van der Waals surface area contributed by atoms with E-state index in [4.69, 9.17) is 9.47 Å². The fourth-order valence-electron chi connectivity index (χ4n) is 3.02. The molecule has 32 heavy (non-hydrogen) atoms. The number of benzene rings is 2. The van der Waals surface area contributed by atoms with E-state index in [-0.39, 0.29) is 29.8 Å². The molecular formula is C24H29N3O4S. The molecule has 0 aliphatic carbocycles. The molecule has 2 N–H and O–H groups in total. The van der Waals surface area contributed by atoms with E-state index in [1.165, 1.54) is 17.3 Å². The van der Waals surface area contributed by atoms with E-state index in [1.54, 1.807) is 30.5 Å². The maximum Gasteiger partial charge on any atom is 0.258 e. The summed E-state index contributed by atoms with van der Waals surface area (Å²) in [6.07, 6.45) is 3.71. The minimum Gasteiger partial charge on any atom is -0.484 e. The van der Waals surface area contributed by atoms with Crippen molar-refractivity contribution in [2.75, 3.05) is 19.8 Å². The van der Waals surface area contributed by atoms with Gasteiger partial charge >= 0.3 is 0 Å². The van der Waals surface area contributed by atoms with Crippen molar-refractivity contribution in [1.29, 1.82) is 0 Å². The van der Waals surface area contributed by atoms with Gasteiger partial charge in [-0.25, -0.2) is 5.43 Å². The average molecular weight is 456 g/mol. The molecular weight excluding hydrogens is 426 g/mol. The fourth-order valence-corrected chi connectivity index (χ4v) is 3.88. The summed E-state index contributed by atoms with van der Waals surface area (Å²) in [5, 5.41) is 6.58. The highest BCUT2D eigenvalue weighted by Gasteiger charge is 2.16. The molecule has 3 rings (SSSR count). The van der Waals surface area contributed by atoms with Crippen LogP contribution in [0.15, 0.2) is 58.5 Å². The molecule has 2 amide bonds. The summed E-state index contributed by atoms with van der Waals surface area (Å²) >= 11 is 1.48. The van der Waals surface area contributed by atoms with Crippen molar-refractivity contribution < 1.29 is 19.1 Å². The number of nitrogens with zero attached hydrogens (tertiary/aromatic N) is 1. The topological polar surface area (TPSA) is 89.0 Å². The van der Waals surface area contributed by atoms with E-state index >= 15 is 0 Å². The fraction of sp³-hybridized carbons (Fsp3) is 0.375. The van der Waals surface area contributed by atoms with E-state index < -0.39 is 0 Å². The highest BCUT2D eigenvalue weighted by molar-refractivity contribution is 8.00. The zero-order valence-electron chi connectivity index (χ0n) is 18.4. The molecule has 1 heterocycles. The number of hydrogen-bond donors (Lipinski definition) is 2. The van der Waals surface area contributed by atoms with Crippen LogP contribution in [0.3, 0.4) is 0 Å². The number of hydrazone groups is 1. The second kappa shape index (κ2) is 12.3. The van der Waals surface area contributed by atoms with Gasteiger partial charge in [-0.3, -0.25) is 9.59 Å². The lowest BCUT2D eigenvalue weighted by molar-refractivity contribution is -0.123. The van der Waals surface area contributed by atoms with Crippen LogP contribution < -0.4 is 15.5 Å². The number of hydrogen-bond acceptors (Lipinski definition) is 6. The predicted octanol–water partition coefficient (Wildman–Crippen LogP) is 3.30. The van der Waals surface area contributed by atoms with Gasteiger partial charge in [0.05, 0.1) is 17.6 Å². The third-order valence-corrected chi connectivity index (χ3v) is 6.00. The van der Waals surface area contributed by atoms with Crippen LogP contribution in [0.4, 0.5) is 0 Å². The number of nitrogens with one attached hydrogen (secondary N) is 2. The van der Waals surface area contributed by atoms with Crippen molar-refractivity contribution in [3.05, 3.63) is 59.7 Å². The molecule has 0 radical (unpaired) electrons. The first-order chi connectivity index (χ1) is 15.5. The Labute approximate surface area is 193 Å². The Morgan fingerprint density at radius 1 is 1.22 bits per heavy atom. The van der Waals surface area contributed by atoms with Crippen molar-refractivity contribution in [3.8, 4) is 5.75 Å². The van der Waals surface area contributed by atoms with E-state index in [2.05, 4.69) is 15.8 Å². The smallest absolute Gasteiger partial charge is 0.258 e. The minimum absolute atomic E-state index is 0.0489. The van der Waals surface area contributed by atoms with Gasteiger partial charge in [0.1, 0.15) is 5.75 Å². The first-order valence-corrected chi connectivity index (χ1v) is 11.5. The van der Waals surface area contributed by atoms with Crippen LogP contribution in [-0.4, -0.2) is 49.1 Å². The maximum atomic E-state index is 12.2. The lowest BCUT2D eigenvalue weighted by Crippen LogP contribution is -2.35. The van der Waals surface area contributed by atoms with Crippen molar-refractivity contribution in [3.63, 3.8) is 0 Å². The van der Waals surface area contributed by atoms with Crippen LogP contribution in [0.2, 0.25) is 0 Å². The van der Waals surface area contributed by atoms with Gasteiger partial charge < -0.3 is 14.8 Å². The summed E-state index contributed by atoms with van der Waals surface area (Å²) < 4.78 is 11.0. The quantitative estimate of drug-likeness (QED) is 0.326. The highest BCUT2D eigenvalue weighted by atomic mass is 32.2. The third-order valence-electron chi connectivity index (χ3n) is 4.89. The second-order valence-electron chi connectivity index (χ2n) is 7.60. The number of rotatable bonds is 10. The summed E-state index contributed by atoms with van der Waals surface area (Å²) in [5.74, 6) is 0.244. The van der Waals surface area contributed by atoms with Crippen LogP contribution in [0.1, 0.15) is 30.9 Å². The van der Waals surface area contributed by atoms with Crippen molar-refractivity contribution in [2.24, 2.45) is 5.10 Å². The lowest BCUT2D eigenvalue weighted by Gasteiger charge is -2.11. The number of aryl methyl sites for hydroxylation is 1. The van der Waals surface area contributed by atoms with Crippen molar-refractivity contribution in [1.82, 2.24) is 10.7 Å². The standard InChI is InChI=1S/C24H29N3O4S/c1-17-5-11-22(12-6-17)32-18(2)24(29)27-26-14-19-7-9-20(10-8-19)31-16-23(28)25-15-21-4-3-13-30-21/h5-12,14,18,21H,3-4,13,15-16H2,1-2H3,(H,25,28)(H,27,29)/b26-14-/t18-,21+/m0/s1. The van der Waals surface area contributed by atoms with Crippen LogP contribution in [0.5, 0.6) is 5.75 Å². The van der Waals surface area contributed by atoms with Gasteiger partial charge in [0.15, 0.2) is 6.61 Å². The van der Waals surface area contributed by atoms with E-state index in [9.17, 15) is 9.59 Å². The van der Waals surface area contributed by atoms with Crippen molar-refractivity contribution in [2.45, 2.75) is 42.9 Å². The Morgan fingerprint density at radius 3 is 2.66 bits per heavy atom. The Balaban J connectivity index is 1.37. The van der Waals surface area contributed by atoms with Gasteiger partial charge in [-0.05, 0) is 68.7 Å². The van der Waals surface area contributed by atoms with Crippen LogP contribution >= 0.6 is 11.8 Å². The number of ether oxygens (including phenoxy) is 2. The molecule has 1 aliphatic heterocycles. The van der Waals surface area contributed by atoms with Crippen molar-refractivity contribution >= 4 is 29.8 Å². The second-order valence-corrected chi connectivity index (χ2v) is 9.02. The maximum absolute atomic E-state index is 12.2. The van der Waals surface area contributed by atoms with Crippen LogP contribution in [-0.2, 0) is 14.3 Å². The first-order valence-electron chi connectivity index (χ1n) is 10.7. The lowest BCUT2D eigenvalue weighted by atomic mass is 10.2. The molecule has 2 atom stereocenters. The monoisotopic (exact) mass is 455 g/mol. The van der Waals surface area contributed by atoms with E-state index in [0.29, 0.717) is 12.3 Å². The third kappa shape index (κ3) is 8.01. The van der Waals surface area contributed by atoms with Gasteiger partial charge in [0, 0.05) is 18.0 Å². The summed E-state index contributed by atoms with van der Waals surface area (Å²) in [4.78, 5) is 25.1. The molecule has 0 unspecified atom stereocenters. The molecule has 0 aromatic heterocycles. The normalized spacial score (nSPS) is 16.6. The van der Waals surface area contributed by atoms with E-state index in [1.807, 2.05) is 38.1 Å². The molecule has 1 saturated heterocycles. The predicted molar refractivity (Wildman–Crippen MR) is 126 cm³/mol. The summed E-state index contributed by atoms with van der Waals surface area (Å²) in [7, 11) is 0. The molecule has 0 saturated carbocycles. The Hall–Kier alpha value is -2.84. The zero-order valence-corrected chi connectivity index (χ0v) is 19.2. The molecule has 1 fully saturated rings. The molecule has 170 valence electrons. The van der Waals surface area contributed by atoms with Crippen LogP contribution in [0, 0.1) is 6.92 Å². The van der Waals surface area contributed by atoms with Gasteiger partial charge in [0.2, 0.25) is 0 Å². The van der Waals surface area contributed by atoms with Gasteiger partial charge in [-0.2, -0.15) is 5.10 Å². The summed E-state index contributed by atoms with van der Waals surface area (Å²) in [6.45, 7) is 5.11. The molecule has 0 spiro atoms. The van der Waals surface area contributed by atoms with Gasteiger partial charge in [-0.15, -0.1) is 11.8 Å². The Kier molecular flexibility index (Phi) is 9.13. The first kappa shape index (κ1) is 23.8. The Bertz CT molecular complexity index is 910. The summed E-state index contributed by atoms with van der Waals surface area (Å²) in [5.41, 5.74) is 4.56. The molecule has 7 nitrogen and oxygen atoms in total. The average Bonchev–Trinajstić information content (AvgIpc) is 3.32. The number of carbonyl (C=O) groups is 2. The molecule has 0 bridgehead atoms. The molecule has 1 aliphatic rings. The Morgan fingerprint density at radius 2 is 1.97 bits per heavy atom.